The van der Waals surface area contributed by atoms with Crippen molar-refractivity contribution < 1.29 is 9.47 Å². The van der Waals surface area contributed by atoms with Crippen molar-refractivity contribution in [3.8, 4) is 11.5 Å². The molecule has 0 unspecified atom stereocenters. The second kappa shape index (κ2) is 6.56. The van der Waals surface area contributed by atoms with Gasteiger partial charge in [-0.3, -0.25) is 0 Å². The summed E-state index contributed by atoms with van der Waals surface area (Å²) >= 11 is 5.63. The van der Waals surface area contributed by atoms with Crippen LogP contribution in [0.5, 0.6) is 11.5 Å². The zero-order valence-corrected chi connectivity index (χ0v) is 14.2. The Labute approximate surface area is 143 Å². The zero-order valence-electron chi connectivity index (χ0n) is 13.4. The van der Waals surface area contributed by atoms with Crippen LogP contribution in [0.3, 0.4) is 0 Å². The Balaban J connectivity index is 1.31. The van der Waals surface area contributed by atoms with E-state index >= 15 is 0 Å². The molecular weight excluding hydrogens is 308 g/mol. The third-order valence-corrected chi connectivity index (χ3v) is 5.86. The molecule has 1 N–H and O–H groups in total. The van der Waals surface area contributed by atoms with Gasteiger partial charge in [-0.2, -0.15) is 0 Å². The minimum Gasteiger partial charge on any atom is -0.454 e. The van der Waals surface area contributed by atoms with Crippen molar-refractivity contribution in [3.63, 3.8) is 0 Å². The average Bonchev–Trinajstić information content (AvgIpc) is 3.07. The molecule has 1 aromatic carbocycles. The summed E-state index contributed by atoms with van der Waals surface area (Å²) in [5.74, 6) is 3.45. The van der Waals surface area contributed by atoms with E-state index in [-0.39, 0.29) is 0 Å². The van der Waals surface area contributed by atoms with E-state index in [0.29, 0.717) is 6.79 Å². The molecule has 2 fully saturated rings. The smallest absolute Gasteiger partial charge is 0.231 e. The molecule has 4 nitrogen and oxygen atoms in total. The molecule has 23 heavy (non-hydrogen) atoms. The fourth-order valence-corrected chi connectivity index (χ4v) is 4.36. The van der Waals surface area contributed by atoms with Crippen LogP contribution in [-0.4, -0.2) is 29.9 Å². The zero-order chi connectivity index (χ0) is 15.6. The minimum atomic E-state index is 0.320. The van der Waals surface area contributed by atoms with Gasteiger partial charge in [0.15, 0.2) is 16.6 Å². The van der Waals surface area contributed by atoms with Gasteiger partial charge in [0, 0.05) is 19.6 Å². The van der Waals surface area contributed by atoms with Gasteiger partial charge < -0.3 is 19.7 Å². The van der Waals surface area contributed by atoms with Crippen molar-refractivity contribution in [3.05, 3.63) is 23.8 Å². The van der Waals surface area contributed by atoms with Crippen LogP contribution in [-0.2, 0) is 6.54 Å². The number of nitrogens with one attached hydrogen (secondary N) is 1. The van der Waals surface area contributed by atoms with Gasteiger partial charge in [-0.05, 0) is 54.6 Å². The van der Waals surface area contributed by atoms with Crippen molar-refractivity contribution >= 4 is 17.3 Å². The summed E-state index contributed by atoms with van der Waals surface area (Å²) in [5, 5.41) is 4.31. The van der Waals surface area contributed by atoms with Crippen molar-refractivity contribution in [2.75, 3.05) is 19.9 Å². The van der Waals surface area contributed by atoms with Crippen molar-refractivity contribution in [2.24, 2.45) is 11.8 Å². The van der Waals surface area contributed by atoms with Crippen LogP contribution in [0.1, 0.15) is 37.7 Å². The summed E-state index contributed by atoms with van der Waals surface area (Å²) in [7, 11) is 0. The first kappa shape index (κ1) is 15.1. The topological polar surface area (TPSA) is 33.7 Å². The maximum atomic E-state index is 5.63. The molecule has 0 amide bonds. The average molecular weight is 332 g/mol. The second-order valence-electron chi connectivity index (χ2n) is 6.89. The summed E-state index contributed by atoms with van der Waals surface area (Å²) in [5.41, 5.74) is 1.17. The Morgan fingerprint density at radius 3 is 2.87 bits per heavy atom. The molecule has 3 aliphatic rings. The Kier molecular flexibility index (Phi) is 4.29. The largest absolute Gasteiger partial charge is 0.454 e. The van der Waals surface area contributed by atoms with Gasteiger partial charge in [-0.15, -0.1) is 0 Å². The number of ether oxygens (including phenoxy) is 2. The number of hydrogen-bond acceptors (Lipinski definition) is 3. The van der Waals surface area contributed by atoms with Crippen LogP contribution in [0.4, 0.5) is 0 Å². The molecule has 1 aliphatic carbocycles. The number of likely N-dealkylation sites (tertiary alicyclic amines) is 1. The Morgan fingerprint density at radius 1 is 1.13 bits per heavy atom. The first-order chi connectivity index (χ1) is 11.3. The fourth-order valence-electron chi connectivity index (χ4n) is 4.13. The number of rotatable bonds is 2. The molecule has 2 heterocycles. The lowest BCUT2D eigenvalue weighted by Crippen LogP contribution is -2.48. The van der Waals surface area contributed by atoms with Gasteiger partial charge in [-0.25, -0.2) is 0 Å². The maximum absolute atomic E-state index is 5.63. The highest BCUT2D eigenvalue weighted by molar-refractivity contribution is 7.80. The highest BCUT2D eigenvalue weighted by atomic mass is 32.1. The van der Waals surface area contributed by atoms with E-state index in [1.165, 1.54) is 37.7 Å². The molecule has 124 valence electrons. The van der Waals surface area contributed by atoms with Gasteiger partial charge >= 0.3 is 0 Å². The van der Waals surface area contributed by atoms with E-state index in [0.717, 1.165) is 48.1 Å². The first-order valence-corrected chi connectivity index (χ1v) is 9.12. The summed E-state index contributed by atoms with van der Waals surface area (Å²) in [6.45, 7) is 3.30. The lowest BCUT2D eigenvalue weighted by Gasteiger charge is -2.42. The number of hydrogen-bond donors (Lipinski definition) is 1. The molecule has 4 rings (SSSR count). The predicted octanol–water partition coefficient (Wildman–Crippen LogP) is 3.30. The summed E-state index contributed by atoms with van der Waals surface area (Å²) in [6, 6.07) is 6.07. The van der Waals surface area contributed by atoms with Gasteiger partial charge in [0.05, 0.1) is 0 Å². The molecule has 2 aliphatic heterocycles. The van der Waals surface area contributed by atoms with Gasteiger partial charge in [0.25, 0.3) is 0 Å². The lowest BCUT2D eigenvalue weighted by molar-refractivity contribution is 0.129. The fraction of sp³-hybridized carbons (Fsp3) is 0.611. The van der Waals surface area contributed by atoms with Crippen LogP contribution in [0, 0.1) is 11.8 Å². The van der Waals surface area contributed by atoms with Crippen molar-refractivity contribution in [1.82, 2.24) is 10.2 Å². The maximum Gasteiger partial charge on any atom is 0.231 e. The predicted molar refractivity (Wildman–Crippen MR) is 93.6 cm³/mol. The van der Waals surface area contributed by atoms with Crippen LogP contribution in [0.2, 0.25) is 0 Å². The molecule has 1 aromatic rings. The Bertz CT molecular complexity index is 592. The van der Waals surface area contributed by atoms with Crippen molar-refractivity contribution in [1.29, 1.82) is 0 Å². The quantitative estimate of drug-likeness (QED) is 0.841. The highest BCUT2D eigenvalue weighted by Gasteiger charge is 2.31. The molecule has 2 atom stereocenters. The summed E-state index contributed by atoms with van der Waals surface area (Å²) in [4.78, 5) is 2.37. The van der Waals surface area contributed by atoms with E-state index in [2.05, 4.69) is 16.3 Å². The lowest BCUT2D eigenvalue weighted by atomic mass is 9.75. The van der Waals surface area contributed by atoms with E-state index < -0.39 is 0 Å². The second-order valence-corrected chi connectivity index (χ2v) is 7.27. The van der Waals surface area contributed by atoms with Crippen LogP contribution < -0.4 is 14.8 Å². The van der Waals surface area contributed by atoms with Crippen LogP contribution in [0.25, 0.3) is 0 Å². The summed E-state index contributed by atoms with van der Waals surface area (Å²) < 4.78 is 10.8. The Hall–Kier alpha value is -1.49. The number of nitrogens with zero attached hydrogens (tertiary/aromatic N) is 1. The first-order valence-electron chi connectivity index (χ1n) is 8.71. The molecule has 0 spiro atoms. The monoisotopic (exact) mass is 332 g/mol. The molecular formula is C18H24N2O2S. The Morgan fingerprint density at radius 2 is 1.96 bits per heavy atom. The molecule has 0 bridgehead atoms. The molecule has 0 aromatic heterocycles. The minimum absolute atomic E-state index is 0.320. The number of fused-ring (bicyclic) bond motifs is 2. The van der Waals surface area contributed by atoms with E-state index in [9.17, 15) is 0 Å². The SMILES string of the molecule is S=C(NCc1ccc2c(c1)OCO2)N1CC[C@H]2CCCC[C@H]2C1. The highest BCUT2D eigenvalue weighted by Crippen LogP contribution is 2.36. The van der Waals surface area contributed by atoms with E-state index in [4.69, 9.17) is 21.7 Å². The standard InChI is InChI=1S/C18H24N2O2S/c23-18(20-8-7-14-3-1-2-4-15(14)11-20)19-10-13-5-6-16-17(9-13)22-12-21-16/h5-6,9,14-15H,1-4,7-8,10-12H2,(H,19,23)/t14-,15+/m1/s1. The molecule has 0 radical (unpaired) electrons. The van der Waals surface area contributed by atoms with E-state index in [1.807, 2.05) is 12.1 Å². The van der Waals surface area contributed by atoms with Gasteiger partial charge in [0.1, 0.15) is 0 Å². The van der Waals surface area contributed by atoms with Gasteiger partial charge in [0.2, 0.25) is 6.79 Å². The normalized spacial score (nSPS) is 25.8. The molecule has 1 saturated heterocycles. The summed E-state index contributed by atoms with van der Waals surface area (Å²) in [6.07, 6.45) is 6.93. The third-order valence-electron chi connectivity index (χ3n) is 5.46. The number of piperidine rings is 1. The van der Waals surface area contributed by atoms with E-state index in [1.54, 1.807) is 0 Å². The van der Waals surface area contributed by atoms with Gasteiger partial charge in [-0.1, -0.05) is 25.3 Å². The molecule has 5 heteroatoms. The number of benzene rings is 1. The number of thiocarbonyl (C=S) groups is 1. The third kappa shape index (κ3) is 3.25. The van der Waals surface area contributed by atoms with Crippen LogP contribution in [0.15, 0.2) is 18.2 Å². The van der Waals surface area contributed by atoms with Crippen molar-refractivity contribution in [2.45, 2.75) is 38.6 Å². The molecule has 1 saturated carbocycles. The van der Waals surface area contributed by atoms with Crippen LogP contribution >= 0.6 is 12.2 Å².